The van der Waals surface area contributed by atoms with Gasteiger partial charge in [-0.25, -0.2) is 0 Å². The van der Waals surface area contributed by atoms with Gasteiger partial charge in [0.15, 0.2) is 0 Å². The molecular formula is C16H21NS. The van der Waals surface area contributed by atoms with E-state index in [2.05, 4.69) is 43.1 Å². The summed E-state index contributed by atoms with van der Waals surface area (Å²) in [5.41, 5.74) is 2.47. The maximum atomic E-state index is 4.57. The first-order valence-corrected chi connectivity index (χ1v) is 7.69. The first-order valence-electron chi connectivity index (χ1n) is 6.87. The third-order valence-electron chi connectivity index (χ3n) is 3.16. The van der Waals surface area contributed by atoms with Crippen LogP contribution in [0.4, 0.5) is 0 Å². The molecule has 1 nitrogen and oxygen atoms in total. The first kappa shape index (κ1) is 13.3. The van der Waals surface area contributed by atoms with Crippen molar-refractivity contribution in [3.8, 4) is 10.4 Å². The maximum Gasteiger partial charge on any atom is 0.0404 e. The van der Waals surface area contributed by atoms with Crippen molar-refractivity contribution in [3.05, 3.63) is 41.0 Å². The van der Waals surface area contributed by atoms with Gasteiger partial charge in [0.2, 0.25) is 0 Å². The van der Waals surface area contributed by atoms with E-state index in [9.17, 15) is 0 Å². The average Bonchev–Trinajstić information content (AvgIpc) is 2.89. The minimum atomic E-state index is 1.11. The molecule has 0 aromatic carbocycles. The van der Waals surface area contributed by atoms with Gasteiger partial charge in [0, 0.05) is 27.2 Å². The topological polar surface area (TPSA) is 12.9 Å². The Kier molecular flexibility index (Phi) is 4.94. The van der Waals surface area contributed by atoms with Crippen LogP contribution in [0.2, 0.25) is 0 Å². The van der Waals surface area contributed by atoms with Gasteiger partial charge in [-0.15, -0.1) is 11.3 Å². The zero-order valence-corrected chi connectivity index (χ0v) is 12.1. The van der Waals surface area contributed by atoms with Gasteiger partial charge in [-0.1, -0.05) is 32.8 Å². The zero-order valence-electron chi connectivity index (χ0n) is 11.3. The third kappa shape index (κ3) is 3.42. The standard InChI is InChI=1S/C16H21NS/c1-3-5-6-7-14-9-8-13(12-17-14)16-11-10-15(4-2)18-16/h8-12H,3-7H2,1-2H3. The van der Waals surface area contributed by atoms with E-state index in [4.69, 9.17) is 0 Å². The number of aromatic nitrogens is 1. The molecule has 0 aliphatic carbocycles. The van der Waals surface area contributed by atoms with Gasteiger partial charge >= 0.3 is 0 Å². The van der Waals surface area contributed by atoms with Crippen LogP contribution in [0.1, 0.15) is 43.7 Å². The monoisotopic (exact) mass is 259 g/mol. The van der Waals surface area contributed by atoms with Gasteiger partial charge in [0.05, 0.1) is 0 Å². The molecule has 2 heterocycles. The number of pyridine rings is 1. The molecule has 2 heteroatoms. The molecule has 2 rings (SSSR count). The van der Waals surface area contributed by atoms with Crippen molar-refractivity contribution in [2.75, 3.05) is 0 Å². The van der Waals surface area contributed by atoms with E-state index < -0.39 is 0 Å². The van der Waals surface area contributed by atoms with E-state index in [0.717, 1.165) is 12.8 Å². The Morgan fingerprint density at radius 3 is 2.56 bits per heavy atom. The summed E-state index contributed by atoms with van der Waals surface area (Å²) >= 11 is 1.87. The molecule has 0 amide bonds. The number of rotatable bonds is 6. The summed E-state index contributed by atoms with van der Waals surface area (Å²) in [6.45, 7) is 4.43. The molecule has 2 aromatic rings. The number of aryl methyl sites for hydroxylation is 2. The summed E-state index contributed by atoms with van der Waals surface area (Å²) in [4.78, 5) is 7.34. The molecule has 96 valence electrons. The largest absolute Gasteiger partial charge is 0.261 e. The predicted octanol–water partition coefficient (Wildman–Crippen LogP) is 5.11. The molecule has 0 unspecified atom stereocenters. The van der Waals surface area contributed by atoms with Crippen LogP contribution < -0.4 is 0 Å². The second-order valence-electron chi connectivity index (χ2n) is 4.61. The fraction of sp³-hybridized carbons (Fsp3) is 0.438. The van der Waals surface area contributed by atoms with Crippen LogP contribution in [0.3, 0.4) is 0 Å². The average molecular weight is 259 g/mol. The molecule has 2 aromatic heterocycles. The first-order chi connectivity index (χ1) is 8.83. The number of unbranched alkanes of at least 4 members (excludes halogenated alkanes) is 2. The maximum absolute atomic E-state index is 4.57. The summed E-state index contributed by atoms with van der Waals surface area (Å²) in [7, 11) is 0. The van der Waals surface area contributed by atoms with Crippen molar-refractivity contribution in [2.24, 2.45) is 0 Å². The number of nitrogens with zero attached hydrogens (tertiary/aromatic N) is 1. The Bertz CT molecular complexity index is 470. The lowest BCUT2D eigenvalue weighted by Crippen LogP contribution is -1.89. The van der Waals surface area contributed by atoms with Crippen LogP contribution in [0.15, 0.2) is 30.5 Å². The number of hydrogen-bond donors (Lipinski definition) is 0. The molecule has 18 heavy (non-hydrogen) atoms. The van der Waals surface area contributed by atoms with Crippen molar-refractivity contribution in [1.29, 1.82) is 0 Å². The molecular weight excluding hydrogens is 238 g/mol. The van der Waals surface area contributed by atoms with Crippen molar-refractivity contribution >= 4 is 11.3 Å². The van der Waals surface area contributed by atoms with E-state index in [0.29, 0.717) is 0 Å². The Hall–Kier alpha value is -1.15. The molecule has 0 N–H and O–H groups in total. The number of hydrogen-bond acceptors (Lipinski definition) is 2. The van der Waals surface area contributed by atoms with Crippen molar-refractivity contribution in [1.82, 2.24) is 4.98 Å². The fourth-order valence-electron chi connectivity index (χ4n) is 2.00. The van der Waals surface area contributed by atoms with E-state index in [1.807, 2.05) is 17.5 Å². The molecule has 0 aliphatic rings. The van der Waals surface area contributed by atoms with Crippen LogP contribution in [-0.2, 0) is 12.8 Å². The molecule has 0 fully saturated rings. The van der Waals surface area contributed by atoms with E-state index >= 15 is 0 Å². The summed E-state index contributed by atoms with van der Waals surface area (Å²) in [5.74, 6) is 0. The summed E-state index contributed by atoms with van der Waals surface area (Å²) in [6.07, 6.45) is 8.07. The highest BCUT2D eigenvalue weighted by atomic mass is 32.1. The Balaban J connectivity index is 2.02. The summed E-state index contributed by atoms with van der Waals surface area (Å²) in [6, 6.07) is 8.81. The highest BCUT2D eigenvalue weighted by molar-refractivity contribution is 7.15. The van der Waals surface area contributed by atoms with Crippen molar-refractivity contribution in [3.63, 3.8) is 0 Å². The Labute approximate surface area is 114 Å². The van der Waals surface area contributed by atoms with Gasteiger partial charge in [-0.05, 0) is 37.5 Å². The summed E-state index contributed by atoms with van der Waals surface area (Å²) in [5, 5.41) is 0. The molecule has 0 radical (unpaired) electrons. The predicted molar refractivity (Wildman–Crippen MR) is 80.2 cm³/mol. The van der Waals surface area contributed by atoms with Gasteiger partial charge in [0.25, 0.3) is 0 Å². The van der Waals surface area contributed by atoms with Gasteiger partial charge in [-0.2, -0.15) is 0 Å². The SMILES string of the molecule is CCCCCc1ccc(-c2ccc(CC)s2)cn1. The third-order valence-corrected chi connectivity index (χ3v) is 4.43. The highest BCUT2D eigenvalue weighted by Crippen LogP contribution is 2.27. The smallest absolute Gasteiger partial charge is 0.0404 e. The lowest BCUT2D eigenvalue weighted by molar-refractivity contribution is 0.707. The summed E-state index contributed by atoms with van der Waals surface area (Å²) < 4.78 is 0. The van der Waals surface area contributed by atoms with E-state index in [1.54, 1.807) is 0 Å². The van der Waals surface area contributed by atoms with Crippen LogP contribution >= 0.6 is 11.3 Å². The minimum absolute atomic E-state index is 1.11. The molecule has 0 saturated heterocycles. The van der Waals surface area contributed by atoms with Crippen LogP contribution in [0.25, 0.3) is 10.4 Å². The molecule has 0 atom stereocenters. The molecule has 0 saturated carbocycles. The quantitative estimate of drug-likeness (QED) is 0.657. The van der Waals surface area contributed by atoms with E-state index in [-0.39, 0.29) is 0 Å². The normalized spacial score (nSPS) is 10.8. The fourth-order valence-corrected chi connectivity index (χ4v) is 2.93. The lowest BCUT2D eigenvalue weighted by atomic mass is 10.1. The molecule has 0 bridgehead atoms. The van der Waals surface area contributed by atoms with E-state index in [1.165, 1.54) is 40.3 Å². The van der Waals surface area contributed by atoms with Gasteiger partial charge in [-0.3, -0.25) is 4.98 Å². The second-order valence-corrected chi connectivity index (χ2v) is 5.78. The zero-order chi connectivity index (χ0) is 12.8. The van der Waals surface area contributed by atoms with Gasteiger partial charge < -0.3 is 0 Å². The van der Waals surface area contributed by atoms with Crippen LogP contribution in [0, 0.1) is 0 Å². The second kappa shape index (κ2) is 6.69. The molecule has 0 aliphatic heterocycles. The van der Waals surface area contributed by atoms with Gasteiger partial charge in [0.1, 0.15) is 0 Å². The van der Waals surface area contributed by atoms with Crippen LogP contribution in [0.5, 0.6) is 0 Å². The number of thiophene rings is 1. The van der Waals surface area contributed by atoms with Crippen molar-refractivity contribution < 1.29 is 0 Å². The Morgan fingerprint density at radius 2 is 1.94 bits per heavy atom. The van der Waals surface area contributed by atoms with Crippen LogP contribution in [-0.4, -0.2) is 4.98 Å². The lowest BCUT2D eigenvalue weighted by Gasteiger charge is -2.01. The Morgan fingerprint density at radius 1 is 1.06 bits per heavy atom. The molecule has 0 spiro atoms. The van der Waals surface area contributed by atoms with Crippen molar-refractivity contribution in [2.45, 2.75) is 46.0 Å². The minimum Gasteiger partial charge on any atom is -0.261 e. The highest BCUT2D eigenvalue weighted by Gasteiger charge is 2.02.